The predicted molar refractivity (Wildman–Crippen MR) is 204 cm³/mol. The standard InChI is InChI=1S/C42H46O2Si.2CH3.Hf/c1-27(2)43-35-19-15-31(16-20-35)39-13-9-11-33-23-37(25-41(33)39)45(29(5)6,30(7)8)38-24-34-12-10-14-40(42(34)26-38)32-17-21-36(22-18-32)44-28(3)4;;;/h9-30H,1-8H3;2*1H3;. The molecule has 1 saturated heterocycles. The van der Waals surface area contributed by atoms with Crippen LogP contribution in [0.3, 0.4) is 0 Å². The monoisotopic (exact) mass is 820 g/mol. The molecule has 0 aromatic heterocycles. The van der Waals surface area contributed by atoms with Crippen LogP contribution < -0.4 is 9.47 Å². The molecule has 2 aliphatic carbocycles. The quantitative estimate of drug-likeness (QED) is 0.165. The van der Waals surface area contributed by atoms with Gasteiger partial charge in [0.1, 0.15) is 0 Å². The van der Waals surface area contributed by atoms with Gasteiger partial charge in [-0.1, -0.05) is 0 Å². The van der Waals surface area contributed by atoms with Crippen molar-refractivity contribution in [1.29, 1.82) is 0 Å². The summed E-state index contributed by atoms with van der Waals surface area (Å²) in [5, 5.41) is 3.68. The molecule has 0 bridgehead atoms. The maximum absolute atomic E-state index is 6.00. The molecule has 1 fully saturated rings. The van der Waals surface area contributed by atoms with Gasteiger partial charge in [0.15, 0.2) is 0 Å². The van der Waals surface area contributed by atoms with Crippen LogP contribution in [0.2, 0.25) is 20.4 Å². The Labute approximate surface area is 294 Å². The molecule has 2 atom stereocenters. The average molecular weight is 819 g/mol. The summed E-state index contributed by atoms with van der Waals surface area (Å²) < 4.78 is 18.8. The Morgan fingerprint density at radius 1 is 0.521 bits per heavy atom. The molecular formula is C44H52HfO2Si. The molecule has 0 amide bonds. The van der Waals surface area contributed by atoms with Gasteiger partial charge in [-0.3, -0.25) is 0 Å². The first-order valence-corrected chi connectivity index (χ1v) is 31.6. The van der Waals surface area contributed by atoms with Gasteiger partial charge in [0.05, 0.1) is 0 Å². The first-order chi connectivity index (χ1) is 22.8. The van der Waals surface area contributed by atoms with Crippen molar-refractivity contribution in [3.05, 3.63) is 118 Å². The van der Waals surface area contributed by atoms with Crippen molar-refractivity contribution in [2.75, 3.05) is 0 Å². The Balaban J connectivity index is 1.40. The third-order valence-corrected chi connectivity index (χ3v) is 35.1. The first-order valence-electron chi connectivity index (χ1n) is 18.1. The third-order valence-electron chi connectivity index (χ3n) is 11.5. The number of benzene rings is 4. The number of rotatable bonds is 8. The topological polar surface area (TPSA) is 18.5 Å². The molecule has 48 heavy (non-hydrogen) atoms. The Morgan fingerprint density at radius 3 is 1.23 bits per heavy atom. The fraction of sp³-hybridized carbons (Fsp3) is 0.364. The molecule has 1 heterocycles. The molecule has 0 N–H and O–H groups in total. The molecule has 2 nitrogen and oxygen atoms in total. The average Bonchev–Trinajstić information content (AvgIpc) is 3.62. The van der Waals surface area contributed by atoms with Crippen LogP contribution in [0.4, 0.5) is 0 Å². The molecule has 2 unspecified atom stereocenters. The Kier molecular flexibility index (Phi) is 8.68. The third kappa shape index (κ3) is 5.19. The van der Waals surface area contributed by atoms with Crippen molar-refractivity contribution in [3.63, 3.8) is 0 Å². The minimum absolute atomic E-state index is 0.171. The summed E-state index contributed by atoms with van der Waals surface area (Å²) in [6.07, 6.45) is 5.81. The van der Waals surface area contributed by atoms with E-state index >= 15 is 0 Å². The van der Waals surface area contributed by atoms with Gasteiger partial charge in [-0.05, 0) is 0 Å². The molecule has 3 aliphatic rings. The summed E-state index contributed by atoms with van der Waals surface area (Å²) >= 11 is -3.17. The van der Waals surface area contributed by atoms with E-state index in [4.69, 9.17) is 9.47 Å². The fourth-order valence-corrected chi connectivity index (χ4v) is 42.7. The van der Waals surface area contributed by atoms with E-state index in [1.165, 1.54) is 33.4 Å². The second-order valence-electron chi connectivity index (χ2n) is 16.1. The molecule has 4 aromatic carbocycles. The van der Waals surface area contributed by atoms with E-state index in [-0.39, 0.29) is 12.2 Å². The van der Waals surface area contributed by atoms with Gasteiger partial charge in [-0.25, -0.2) is 0 Å². The molecule has 0 spiro atoms. The van der Waals surface area contributed by atoms with E-state index in [0.717, 1.165) is 11.5 Å². The molecule has 0 radical (unpaired) electrons. The zero-order valence-electron chi connectivity index (χ0n) is 30.5. The summed E-state index contributed by atoms with van der Waals surface area (Å²) in [7, 11) is -2.15. The van der Waals surface area contributed by atoms with Crippen LogP contribution >= 0.6 is 0 Å². The van der Waals surface area contributed by atoms with E-state index in [1.807, 2.05) is 10.4 Å². The summed E-state index contributed by atoms with van der Waals surface area (Å²) in [6, 6.07) is 32.0. The van der Waals surface area contributed by atoms with E-state index in [1.54, 1.807) is 11.1 Å². The van der Waals surface area contributed by atoms with Gasteiger partial charge in [-0.15, -0.1) is 0 Å². The van der Waals surface area contributed by atoms with Crippen LogP contribution in [0.5, 0.6) is 11.5 Å². The van der Waals surface area contributed by atoms with E-state index in [2.05, 4.69) is 162 Å². The normalized spacial score (nSPS) is 20.0. The summed E-state index contributed by atoms with van der Waals surface area (Å²) in [5.41, 5.74) is 12.7. The molecule has 4 aromatic rings. The van der Waals surface area contributed by atoms with Crippen molar-refractivity contribution in [2.45, 2.75) is 95.4 Å². The molecule has 248 valence electrons. The number of hydrogen-bond acceptors (Lipinski definition) is 2. The molecule has 1 aliphatic heterocycles. The SMILES string of the molecule is CC(C)Oc1ccc(-c2cccc3c2C=C2[CH]3[Hf]([CH3])([CH3])[CH]3C(=Cc4c(-c5ccc(OC(C)C)cc5)cccc43)[Si]2(C(C)C)C(C)C)cc1. The van der Waals surface area contributed by atoms with Crippen molar-refractivity contribution in [3.8, 4) is 33.8 Å². The van der Waals surface area contributed by atoms with E-state index < -0.39 is 28.0 Å². The van der Waals surface area contributed by atoms with Crippen molar-refractivity contribution in [1.82, 2.24) is 0 Å². The summed E-state index contributed by atoms with van der Waals surface area (Å²) in [6.45, 7) is 18.5. The molecular weight excluding hydrogens is 767 g/mol. The Bertz CT molecular complexity index is 1770. The number of allylic oxidation sites excluding steroid dienone is 2. The number of hydrogen-bond donors (Lipinski definition) is 0. The molecule has 0 saturated carbocycles. The van der Waals surface area contributed by atoms with Gasteiger partial charge >= 0.3 is 296 Å². The van der Waals surface area contributed by atoms with Gasteiger partial charge in [0.25, 0.3) is 0 Å². The van der Waals surface area contributed by atoms with Crippen molar-refractivity contribution >= 4 is 20.2 Å². The van der Waals surface area contributed by atoms with Crippen LogP contribution in [-0.4, -0.2) is 20.3 Å². The van der Waals surface area contributed by atoms with E-state index in [9.17, 15) is 0 Å². The molecule has 4 heteroatoms. The van der Waals surface area contributed by atoms with Crippen LogP contribution in [0, 0.1) is 0 Å². The first kappa shape index (κ1) is 33.5. The van der Waals surface area contributed by atoms with Crippen molar-refractivity contribution < 1.29 is 29.4 Å². The molecule has 7 rings (SSSR count). The predicted octanol–water partition coefficient (Wildman–Crippen LogP) is 12.8. The zero-order chi connectivity index (χ0) is 34.1. The number of ether oxygens (including phenoxy) is 2. The Hall–Kier alpha value is -2.95. The minimum atomic E-state index is -3.17. The van der Waals surface area contributed by atoms with Gasteiger partial charge in [0, 0.05) is 0 Å². The fourth-order valence-electron chi connectivity index (χ4n) is 9.93. The maximum atomic E-state index is 6.00. The summed E-state index contributed by atoms with van der Waals surface area (Å²) in [4.78, 5) is 0. The van der Waals surface area contributed by atoms with Crippen LogP contribution in [0.25, 0.3) is 34.4 Å². The van der Waals surface area contributed by atoms with Gasteiger partial charge < -0.3 is 0 Å². The van der Waals surface area contributed by atoms with Crippen LogP contribution in [-0.2, 0) is 20.0 Å². The van der Waals surface area contributed by atoms with Gasteiger partial charge in [-0.2, -0.15) is 0 Å². The zero-order valence-corrected chi connectivity index (χ0v) is 35.1. The summed E-state index contributed by atoms with van der Waals surface area (Å²) in [5.74, 6) is 1.88. The van der Waals surface area contributed by atoms with Gasteiger partial charge in [0.2, 0.25) is 0 Å². The Morgan fingerprint density at radius 2 is 0.896 bits per heavy atom. The van der Waals surface area contributed by atoms with Crippen LogP contribution in [0.1, 0.15) is 85.0 Å². The van der Waals surface area contributed by atoms with Crippen molar-refractivity contribution in [2.24, 2.45) is 0 Å². The second kappa shape index (κ2) is 12.4. The number of fused-ring (bicyclic) bond motifs is 6. The van der Waals surface area contributed by atoms with Crippen LogP contribution in [0.15, 0.2) is 95.3 Å². The second-order valence-corrected chi connectivity index (χ2v) is 38.5. The van der Waals surface area contributed by atoms with E-state index in [0.29, 0.717) is 18.4 Å².